The van der Waals surface area contributed by atoms with Crippen LogP contribution in [0.3, 0.4) is 0 Å². The van der Waals surface area contributed by atoms with Gasteiger partial charge in [0.1, 0.15) is 0 Å². The van der Waals surface area contributed by atoms with Crippen molar-refractivity contribution in [3.05, 3.63) is 212 Å². The monoisotopic (exact) mass is 673 g/mol. The first-order chi connectivity index (χ1) is 26.3. The number of nitrogens with zero attached hydrogens (tertiary/aromatic N) is 1. The molecule has 10 rings (SSSR count). The van der Waals surface area contributed by atoms with Crippen LogP contribution in [0.25, 0.3) is 76.5 Å². The lowest BCUT2D eigenvalue weighted by Gasteiger charge is -2.30. The minimum Gasteiger partial charge on any atom is -0.309 e. The van der Waals surface area contributed by atoms with Crippen LogP contribution in [0.2, 0.25) is 0 Å². The number of benzene rings is 10. The first-order valence-corrected chi connectivity index (χ1v) is 18.3. The van der Waals surface area contributed by atoms with Gasteiger partial charge < -0.3 is 4.90 Å². The summed E-state index contributed by atoms with van der Waals surface area (Å²) >= 11 is 0. The van der Waals surface area contributed by atoms with Crippen LogP contribution in [-0.4, -0.2) is 0 Å². The maximum Gasteiger partial charge on any atom is 0.0540 e. The molecule has 1 heteroatoms. The van der Waals surface area contributed by atoms with Crippen LogP contribution in [0.1, 0.15) is 0 Å². The Balaban J connectivity index is 1.22. The molecule has 0 aromatic heterocycles. The molecular formula is C52H35N. The zero-order valence-corrected chi connectivity index (χ0v) is 29.2. The van der Waals surface area contributed by atoms with Crippen molar-refractivity contribution in [2.45, 2.75) is 0 Å². The van der Waals surface area contributed by atoms with Crippen LogP contribution in [0.4, 0.5) is 17.1 Å². The minimum atomic E-state index is 1.10. The van der Waals surface area contributed by atoms with E-state index in [1.54, 1.807) is 0 Å². The molecule has 0 bridgehead atoms. The molecule has 0 unspecified atom stereocenters. The zero-order valence-electron chi connectivity index (χ0n) is 29.2. The molecule has 0 aliphatic carbocycles. The lowest BCUT2D eigenvalue weighted by Crippen LogP contribution is -2.12. The number of fused-ring (bicyclic) bond motifs is 5. The third kappa shape index (κ3) is 5.34. The van der Waals surface area contributed by atoms with E-state index in [0.29, 0.717) is 0 Å². The molecule has 0 saturated heterocycles. The minimum absolute atomic E-state index is 1.10. The maximum atomic E-state index is 2.46. The molecule has 10 aromatic rings. The van der Waals surface area contributed by atoms with E-state index in [4.69, 9.17) is 0 Å². The van der Waals surface area contributed by atoms with Crippen molar-refractivity contribution >= 4 is 60.2 Å². The Hall–Kier alpha value is -6.96. The fraction of sp³-hybridized carbons (Fsp3) is 0. The predicted octanol–water partition coefficient (Wildman–Crippen LogP) is 14.8. The van der Waals surface area contributed by atoms with Gasteiger partial charge in [0, 0.05) is 16.6 Å². The number of hydrogen-bond donors (Lipinski definition) is 0. The molecule has 10 aromatic carbocycles. The summed E-state index contributed by atoms with van der Waals surface area (Å²) in [6.07, 6.45) is 0. The van der Waals surface area contributed by atoms with E-state index >= 15 is 0 Å². The second kappa shape index (κ2) is 13.0. The van der Waals surface area contributed by atoms with Gasteiger partial charge in [0.15, 0.2) is 0 Å². The zero-order chi connectivity index (χ0) is 35.1. The van der Waals surface area contributed by atoms with E-state index in [-0.39, 0.29) is 0 Å². The molecule has 0 atom stereocenters. The van der Waals surface area contributed by atoms with Crippen molar-refractivity contribution < 1.29 is 0 Å². The van der Waals surface area contributed by atoms with Gasteiger partial charge in [-0.25, -0.2) is 0 Å². The summed E-state index contributed by atoms with van der Waals surface area (Å²) in [5.74, 6) is 0. The van der Waals surface area contributed by atoms with Crippen LogP contribution in [-0.2, 0) is 0 Å². The summed E-state index contributed by atoms with van der Waals surface area (Å²) in [5, 5.41) is 9.95. The Morgan fingerprint density at radius 1 is 0.245 bits per heavy atom. The van der Waals surface area contributed by atoms with Gasteiger partial charge in [-0.3, -0.25) is 0 Å². The van der Waals surface area contributed by atoms with E-state index in [1.807, 2.05) is 0 Å². The highest BCUT2D eigenvalue weighted by Gasteiger charge is 2.21. The third-order valence-electron chi connectivity index (χ3n) is 10.7. The Kier molecular flexibility index (Phi) is 7.55. The van der Waals surface area contributed by atoms with Crippen molar-refractivity contribution in [2.24, 2.45) is 0 Å². The number of hydrogen-bond acceptors (Lipinski definition) is 1. The van der Waals surface area contributed by atoms with Crippen LogP contribution in [0.5, 0.6) is 0 Å². The van der Waals surface area contributed by atoms with Crippen molar-refractivity contribution in [3.63, 3.8) is 0 Å². The van der Waals surface area contributed by atoms with Crippen LogP contribution >= 0.6 is 0 Å². The summed E-state index contributed by atoms with van der Waals surface area (Å²) < 4.78 is 0. The second-order valence-electron chi connectivity index (χ2n) is 13.7. The Morgan fingerprint density at radius 3 is 1.57 bits per heavy atom. The topological polar surface area (TPSA) is 3.24 Å². The second-order valence-corrected chi connectivity index (χ2v) is 13.7. The highest BCUT2D eigenvalue weighted by Crippen LogP contribution is 2.47. The molecular weight excluding hydrogens is 639 g/mol. The lowest BCUT2D eigenvalue weighted by atomic mass is 9.91. The molecule has 0 aliphatic heterocycles. The molecule has 53 heavy (non-hydrogen) atoms. The highest BCUT2D eigenvalue weighted by molar-refractivity contribution is 6.15. The first kappa shape index (κ1) is 30.8. The summed E-state index contributed by atoms with van der Waals surface area (Å²) in [7, 11) is 0. The highest BCUT2D eigenvalue weighted by atomic mass is 15.1. The summed E-state index contributed by atoms with van der Waals surface area (Å²) in [5.41, 5.74) is 10.6. The number of rotatable bonds is 6. The smallest absolute Gasteiger partial charge is 0.0540 e. The van der Waals surface area contributed by atoms with Crippen molar-refractivity contribution in [2.75, 3.05) is 4.90 Å². The summed E-state index contributed by atoms with van der Waals surface area (Å²) in [4.78, 5) is 2.46. The van der Waals surface area contributed by atoms with E-state index in [9.17, 15) is 0 Å². The van der Waals surface area contributed by atoms with Gasteiger partial charge in [-0.05, 0) is 95.9 Å². The van der Waals surface area contributed by atoms with Gasteiger partial charge in [0.2, 0.25) is 0 Å². The van der Waals surface area contributed by atoms with Crippen molar-refractivity contribution in [1.29, 1.82) is 0 Å². The fourth-order valence-corrected chi connectivity index (χ4v) is 8.21. The van der Waals surface area contributed by atoms with Gasteiger partial charge in [-0.1, -0.05) is 182 Å². The van der Waals surface area contributed by atoms with Gasteiger partial charge >= 0.3 is 0 Å². The van der Waals surface area contributed by atoms with Crippen molar-refractivity contribution in [1.82, 2.24) is 0 Å². The quantitative estimate of drug-likeness (QED) is 0.159. The molecule has 0 aliphatic rings. The molecule has 0 fully saturated rings. The molecule has 0 amide bonds. The van der Waals surface area contributed by atoms with Gasteiger partial charge in [0.05, 0.1) is 11.4 Å². The lowest BCUT2D eigenvalue weighted by molar-refractivity contribution is 1.30. The molecule has 0 N–H and O–H groups in total. The normalized spacial score (nSPS) is 11.4. The van der Waals surface area contributed by atoms with Gasteiger partial charge in [-0.2, -0.15) is 0 Å². The average molecular weight is 674 g/mol. The molecule has 0 radical (unpaired) electrons. The summed E-state index contributed by atoms with van der Waals surface area (Å²) in [6, 6.07) is 77.3. The van der Waals surface area contributed by atoms with Crippen LogP contribution < -0.4 is 4.90 Å². The Bertz CT molecular complexity index is 2940. The molecule has 0 spiro atoms. The van der Waals surface area contributed by atoms with Crippen LogP contribution in [0.15, 0.2) is 212 Å². The predicted molar refractivity (Wildman–Crippen MR) is 227 cm³/mol. The molecule has 0 heterocycles. The fourth-order valence-electron chi connectivity index (χ4n) is 8.21. The van der Waals surface area contributed by atoms with E-state index in [0.717, 1.165) is 17.1 Å². The third-order valence-corrected chi connectivity index (χ3v) is 10.7. The first-order valence-electron chi connectivity index (χ1n) is 18.3. The average Bonchev–Trinajstić information content (AvgIpc) is 3.24. The van der Waals surface area contributed by atoms with E-state index in [2.05, 4.69) is 217 Å². The van der Waals surface area contributed by atoms with Crippen molar-refractivity contribution in [3.8, 4) is 33.4 Å². The standard InChI is InChI=1S/C52H35N/c1-2-15-36(16-3-1)43-26-13-28-48-46(43)27-14-30-52(48)53(40-33-31-38(32-34-40)42-25-12-19-37-17-4-6-20-41(37)42)51-29-11-10-24-49(51)50-35-39-18-5-7-21-44(39)45-22-8-9-23-47(45)50/h1-35H. The summed E-state index contributed by atoms with van der Waals surface area (Å²) in [6.45, 7) is 0. The van der Waals surface area contributed by atoms with E-state index < -0.39 is 0 Å². The maximum absolute atomic E-state index is 2.46. The molecule has 248 valence electrons. The van der Waals surface area contributed by atoms with Crippen LogP contribution in [0, 0.1) is 0 Å². The van der Waals surface area contributed by atoms with Gasteiger partial charge in [-0.15, -0.1) is 0 Å². The molecule has 0 saturated carbocycles. The Labute approximate surface area is 309 Å². The molecule has 1 nitrogen and oxygen atoms in total. The Morgan fingerprint density at radius 2 is 0.736 bits per heavy atom. The van der Waals surface area contributed by atoms with Gasteiger partial charge in [0.25, 0.3) is 0 Å². The number of para-hydroxylation sites is 1. The van der Waals surface area contributed by atoms with E-state index in [1.165, 1.54) is 76.5 Å². The number of anilines is 3. The SMILES string of the molecule is c1ccc(-c2cccc3c(N(c4ccc(-c5cccc6ccccc56)cc4)c4ccccc4-c4cc5ccccc5c5ccccc45)cccc23)cc1. The largest absolute Gasteiger partial charge is 0.309 e.